The van der Waals surface area contributed by atoms with Crippen molar-refractivity contribution in [1.82, 2.24) is 4.90 Å². The van der Waals surface area contributed by atoms with Crippen LogP contribution in [0, 0.1) is 5.82 Å². The number of rotatable bonds is 11. The van der Waals surface area contributed by atoms with Crippen LogP contribution in [0.25, 0.3) is 11.1 Å². The van der Waals surface area contributed by atoms with Gasteiger partial charge in [0.15, 0.2) is 0 Å². The smallest absolute Gasteiger partial charge is 0.335 e. The summed E-state index contributed by atoms with van der Waals surface area (Å²) in [6, 6.07) is 6.41. The molecule has 0 bridgehead atoms. The lowest BCUT2D eigenvalue weighted by Crippen LogP contribution is -2.43. The molecule has 0 heterocycles. The van der Waals surface area contributed by atoms with Crippen LogP contribution < -0.4 is 4.74 Å². The van der Waals surface area contributed by atoms with Crippen LogP contribution in [-0.2, 0) is 4.74 Å². The molecule has 6 nitrogen and oxygen atoms in total. The number of hydrogen-bond donors (Lipinski definition) is 1. The second-order valence-corrected chi connectivity index (χ2v) is 8.49. The van der Waals surface area contributed by atoms with Crippen molar-refractivity contribution in [2.45, 2.75) is 52.6 Å². The maximum atomic E-state index is 14.7. The molecule has 180 valence electrons. The van der Waals surface area contributed by atoms with E-state index in [0.29, 0.717) is 13.0 Å². The molecule has 0 spiro atoms. The zero-order valence-corrected chi connectivity index (χ0v) is 20.4. The van der Waals surface area contributed by atoms with Crippen molar-refractivity contribution in [1.29, 1.82) is 0 Å². The summed E-state index contributed by atoms with van der Waals surface area (Å²) >= 11 is 6.52. The third-order valence-corrected chi connectivity index (χ3v) is 5.72. The highest BCUT2D eigenvalue weighted by atomic mass is 35.5. The summed E-state index contributed by atoms with van der Waals surface area (Å²) in [4.78, 5) is 26.6. The zero-order chi connectivity index (χ0) is 24.7. The Morgan fingerprint density at radius 3 is 2.39 bits per heavy atom. The first kappa shape index (κ1) is 26.6. The molecule has 1 N–H and O–H groups in total. The number of hydrogen-bond acceptors (Lipinski definition) is 4. The van der Waals surface area contributed by atoms with Gasteiger partial charge in [-0.05, 0) is 57.5 Å². The van der Waals surface area contributed by atoms with Crippen LogP contribution in [0.2, 0.25) is 5.02 Å². The topological polar surface area (TPSA) is 76.1 Å². The van der Waals surface area contributed by atoms with Crippen molar-refractivity contribution in [3.05, 3.63) is 52.3 Å². The van der Waals surface area contributed by atoms with Gasteiger partial charge >= 0.3 is 5.97 Å². The monoisotopic (exact) mass is 479 g/mol. The molecule has 2 rings (SSSR count). The second-order valence-electron chi connectivity index (χ2n) is 8.09. The third kappa shape index (κ3) is 6.45. The van der Waals surface area contributed by atoms with Gasteiger partial charge in [0.05, 0.1) is 22.8 Å². The molecule has 0 unspecified atom stereocenters. The highest BCUT2D eigenvalue weighted by molar-refractivity contribution is 6.34. The number of carbonyl (C=O) groups is 2. The minimum Gasteiger partial charge on any atom is -0.493 e. The van der Waals surface area contributed by atoms with E-state index in [1.807, 2.05) is 27.7 Å². The summed E-state index contributed by atoms with van der Waals surface area (Å²) in [6.07, 6.45) is 1.34. The molecule has 0 saturated carbocycles. The van der Waals surface area contributed by atoms with Gasteiger partial charge in [-0.15, -0.1) is 0 Å². The van der Waals surface area contributed by atoms with E-state index in [2.05, 4.69) is 0 Å². The number of aromatic carboxylic acids is 1. The molecular formula is C25H31ClFNO5. The first-order valence-corrected chi connectivity index (χ1v) is 11.3. The predicted molar refractivity (Wildman–Crippen MR) is 127 cm³/mol. The van der Waals surface area contributed by atoms with Crippen LogP contribution in [-0.4, -0.2) is 54.3 Å². The third-order valence-electron chi connectivity index (χ3n) is 5.41. The summed E-state index contributed by atoms with van der Waals surface area (Å²) in [5.41, 5.74) is 0.469. The van der Waals surface area contributed by atoms with E-state index < -0.39 is 11.8 Å². The first-order chi connectivity index (χ1) is 15.6. The van der Waals surface area contributed by atoms with Gasteiger partial charge in [-0.3, -0.25) is 4.79 Å². The number of carbonyl (C=O) groups excluding carboxylic acids is 1. The highest BCUT2D eigenvalue weighted by Gasteiger charge is 2.27. The molecule has 0 saturated heterocycles. The number of carboxylic acid groups (broad SMARTS) is 1. The van der Waals surface area contributed by atoms with Crippen molar-refractivity contribution >= 4 is 23.5 Å². The molecule has 0 aliphatic heterocycles. The van der Waals surface area contributed by atoms with E-state index in [0.717, 1.165) is 12.5 Å². The Kier molecular flexibility index (Phi) is 9.68. The Morgan fingerprint density at radius 2 is 1.82 bits per heavy atom. The number of amides is 1. The zero-order valence-electron chi connectivity index (χ0n) is 19.7. The average Bonchev–Trinajstić information content (AvgIpc) is 2.77. The summed E-state index contributed by atoms with van der Waals surface area (Å²) in [5.74, 6) is -1.82. The van der Waals surface area contributed by atoms with Gasteiger partial charge < -0.3 is 19.5 Å². The van der Waals surface area contributed by atoms with Crippen molar-refractivity contribution < 1.29 is 28.6 Å². The molecule has 0 aliphatic rings. The van der Waals surface area contributed by atoms with Crippen LogP contribution in [0.3, 0.4) is 0 Å². The van der Waals surface area contributed by atoms with Crippen LogP contribution in [0.4, 0.5) is 4.39 Å². The van der Waals surface area contributed by atoms with E-state index in [9.17, 15) is 19.1 Å². The Hall–Kier alpha value is -2.64. The van der Waals surface area contributed by atoms with Crippen molar-refractivity contribution in [3.8, 4) is 16.9 Å². The first-order valence-electron chi connectivity index (χ1n) is 10.9. The van der Waals surface area contributed by atoms with Gasteiger partial charge in [0.1, 0.15) is 11.6 Å². The van der Waals surface area contributed by atoms with Crippen molar-refractivity contribution in [3.63, 3.8) is 0 Å². The Morgan fingerprint density at radius 1 is 1.12 bits per heavy atom. The minimum absolute atomic E-state index is 0.0102. The van der Waals surface area contributed by atoms with Crippen LogP contribution in [0.5, 0.6) is 5.75 Å². The number of carboxylic acids is 1. The summed E-state index contributed by atoms with van der Waals surface area (Å²) in [7, 11) is 1.58. The largest absolute Gasteiger partial charge is 0.493 e. The van der Waals surface area contributed by atoms with E-state index >= 15 is 0 Å². The summed E-state index contributed by atoms with van der Waals surface area (Å²) in [6.45, 7) is 8.56. The maximum Gasteiger partial charge on any atom is 0.335 e. The van der Waals surface area contributed by atoms with Gasteiger partial charge in [-0.1, -0.05) is 18.5 Å². The minimum atomic E-state index is -1.18. The molecule has 0 aliphatic carbocycles. The lowest BCUT2D eigenvalue weighted by Gasteiger charge is -2.33. The van der Waals surface area contributed by atoms with Gasteiger partial charge in [-0.25, -0.2) is 9.18 Å². The number of benzene rings is 2. The number of nitrogens with zero attached hydrogens (tertiary/aromatic N) is 1. The van der Waals surface area contributed by atoms with Crippen molar-refractivity contribution in [2.24, 2.45) is 0 Å². The van der Waals surface area contributed by atoms with E-state index in [1.165, 1.54) is 24.3 Å². The highest BCUT2D eigenvalue weighted by Crippen LogP contribution is 2.38. The molecule has 1 atom stereocenters. The van der Waals surface area contributed by atoms with Gasteiger partial charge in [0.25, 0.3) is 5.91 Å². The fraction of sp³-hybridized carbons (Fsp3) is 0.440. The van der Waals surface area contributed by atoms with Crippen LogP contribution >= 0.6 is 11.6 Å². The SMILES string of the molecule is CC[C@@H](C)N(C(=O)c1cc(OCCCOC)c(-c2cc(C(=O)O)ccc2F)cc1Cl)C(C)C. The van der Waals surface area contributed by atoms with Crippen LogP contribution in [0.15, 0.2) is 30.3 Å². The van der Waals surface area contributed by atoms with E-state index in [-0.39, 0.29) is 57.6 Å². The molecule has 2 aromatic carbocycles. The molecule has 0 radical (unpaired) electrons. The molecular weight excluding hydrogens is 449 g/mol. The lowest BCUT2D eigenvalue weighted by molar-refractivity contribution is 0.0620. The van der Waals surface area contributed by atoms with Gasteiger partial charge in [0, 0.05) is 43.3 Å². The predicted octanol–water partition coefficient (Wildman–Crippen LogP) is 5.91. The molecule has 2 aromatic rings. The average molecular weight is 480 g/mol. The molecule has 0 aromatic heterocycles. The fourth-order valence-corrected chi connectivity index (χ4v) is 3.82. The normalized spacial score (nSPS) is 12.0. The Labute approximate surface area is 199 Å². The van der Waals surface area contributed by atoms with E-state index in [1.54, 1.807) is 12.0 Å². The fourth-order valence-electron chi connectivity index (χ4n) is 3.58. The van der Waals surface area contributed by atoms with Gasteiger partial charge in [0.2, 0.25) is 0 Å². The second kappa shape index (κ2) is 12.0. The standard InChI is InChI=1S/C25H31ClFNO5/c1-6-16(4)28(15(2)3)24(29)20-14-23(33-11-7-10-32-5)19(13-21(20)26)18-12-17(25(30)31)8-9-22(18)27/h8-9,12-16H,6-7,10-11H2,1-5H3,(H,30,31)/t16-/m1/s1. The molecule has 33 heavy (non-hydrogen) atoms. The molecule has 8 heteroatoms. The molecule has 0 fully saturated rings. The number of methoxy groups -OCH3 is 1. The van der Waals surface area contributed by atoms with Gasteiger partial charge in [-0.2, -0.15) is 0 Å². The quantitative estimate of drug-likeness (QED) is 0.405. The van der Waals surface area contributed by atoms with Crippen LogP contribution in [0.1, 0.15) is 61.3 Å². The number of ether oxygens (including phenoxy) is 2. The molecule has 1 amide bonds. The van der Waals surface area contributed by atoms with Crippen molar-refractivity contribution in [2.75, 3.05) is 20.3 Å². The Balaban J connectivity index is 2.62. The Bertz CT molecular complexity index is 995. The lowest BCUT2D eigenvalue weighted by atomic mass is 9.98. The maximum absolute atomic E-state index is 14.7. The summed E-state index contributed by atoms with van der Waals surface area (Å²) < 4.78 is 25.7. The number of halogens is 2. The summed E-state index contributed by atoms with van der Waals surface area (Å²) in [5, 5.41) is 9.47. The van der Waals surface area contributed by atoms with E-state index in [4.69, 9.17) is 21.1 Å².